The number of rotatable bonds is 8. The lowest BCUT2D eigenvalue weighted by molar-refractivity contribution is -0.384. The molecule has 29 heavy (non-hydrogen) atoms. The standard InChI is InChI=1S/C17H15N7O5/c25-17(20-8-7-19-13-3-1-2-4-14(13)23(26)27)12-5-6-15(16(9-12)24(28)29)22-11-18-10-21-22/h1-6,9-11,19H,7-8H2,(H,20,25). The van der Waals surface area contributed by atoms with Crippen molar-refractivity contribution in [3.8, 4) is 5.69 Å². The van der Waals surface area contributed by atoms with Crippen LogP contribution in [0.5, 0.6) is 0 Å². The molecule has 0 bridgehead atoms. The number of amides is 1. The molecule has 1 amide bonds. The number of hydrogen-bond donors (Lipinski definition) is 2. The van der Waals surface area contributed by atoms with E-state index in [0.29, 0.717) is 5.69 Å². The number of aromatic nitrogens is 3. The van der Waals surface area contributed by atoms with Crippen molar-refractivity contribution in [3.05, 3.63) is 80.9 Å². The van der Waals surface area contributed by atoms with Crippen molar-refractivity contribution in [1.29, 1.82) is 0 Å². The molecule has 148 valence electrons. The minimum Gasteiger partial charge on any atom is -0.378 e. The van der Waals surface area contributed by atoms with Gasteiger partial charge in [0.05, 0.1) is 9.85 Å². The van der Waals surface area contributed by atoms with Crippen LogP contribution in [0.4, 0.5) is 17.1 Å². The van der Waals surface area contributed by atoms with Crippen molar-refractivity contribution >= 4 is 23.0 Å². The maximum absolute atomic E-state index is 12.3. The molecule has 2 N–H and O–H groups in total. The fourth-order valence-electron chi connectivity index (χ4n) is 2.59. The fourth-order valence-corrected chi connectivity index (χ4v) is 2.59. The second-order valence-electron chi connectivity index (χ2n) is 5.76. The van der Waals surface area contributed by atoms with Gasteiger partial charge in [0.1, 0.15) is 24.0 Å². The molecule has 0 aliphatic heterocycles. The lowest BCUT2D eigenvalue weighted by Crippen LogP contribution is -2.29. The molecule has 0 radical (unpaired) electrons. The highest BCUT2D eigenvalue weighted by Crippen LogP contribution is 2.24. The number of para-hydroxylation sites is 2. The van der Waals surface area contributed by atoms with Gasteiger partial charge in [-0.25, -0.2) is 9.67 Å². The van der Waals surface area contributed by atoms with Gasteiger partial charge < -0.3 is 10.6 Å². The first-order chi connectivity index (χ1) is 14.0. The summed E-state index contributed by atoms with van der Waals surface area (Å²) in [5.41, 5.74) is 0.257. The van der Waals surface area contributed by atoms with E-state index in [2.05, 4.69) is 20.7 Å². The van der Waals surface area contributed by atoms with E-state index < -0.39 is 15.8 Å². The van der Waals surface area contributed by atoms with Gasteiger partial charge in [-0.1, -0.05) is 12.1 Å². The normalized spacial score (nSPS) is 10.3. The number of nitro benzene ring substituents is 2. The summed E-state index contributed by atoms with van der Waals surface area (Å²) < 4.78 is 1.23. The zero-order chi connectivity index (χ0) is 20.8. The third-order valence-electron chi connectivity index (χ3n) is 3.93. The van der Waals surface area contributed by atoms with E-state index >= 15 is 0 Å². The van der Waals surface area contributed by atoms with Crippen molar-refractivity contribution in [2.75, 3.05) is 18.4 Å². The van der Waals surface area contributed by atoms with Crippen LogP contribution in [0.25, 0.3) is 5.69 Å². The molecule has 1 aromatic heterocycles. The Labute approximate surface area is 163 Å². The molecule has 2 aromatic carbocycles. The summed E-state index contributed by atoms with van der Waals surface area (Å²) in [5.74, 6) is -0.511. The first-order valence-electron chi connectivity index (χ1n) is 8.36. The van der Waals surface area contributed by atoms with Crippen LogP contribution in [-0.2, 0) is 0 Å². The molecule has 0 saturated carbocycles. The number of nitrogens with one attached hydrogen (secondary N) is 2. The van der Waals surface area contributed by atoms with Crippen molar-refractivity contribution in [2.45, 2.75) is 0 Å². The lowest BCUT2D eigenvalue weighted by atomic mass is 10.1. The topological polar surface area (TPSA) is 158 Å². The molecule has 12 nitrogen and oxygen atoms in total. The SMILES string of the molecule is O=C(NCCNc1ccccc1[N+](=O)[O-])c1ccc(-n2cncn2)c([N+](=O)[O-])c1. The Balaban J connectivity index is 1.63. The Bertz CT molecular complexity index is 1050. The number of nitrogens with zero attached hydrogens (tertiary/aromatic N) is 5. The second-order valence-corrected chi connectivity index (χ2v) is 5.76. The van der Waals surface area contributed by atoms with Crippen LogP contribution in [-0.4, -0.2) is 43.6 Å². The lowest BCUT2D eigenvalue weighted by Gasteiger charge is -2.09. The Hall–Kier alpha value is -4.35. The Morgan fingerprint density at radius 1 is 1.03 bits per heavy atom. The van der Waals surface area contributed by atoms with E-state index in [1.807, 2.05) is 0 Å². The highest BCUT2D eigenvalue weighted by atomic mass is 16.6. The second kappa shape index (κ2) is 8.56. The monoisotopic (exact) mass is 397 g/mol. The van der Waals surface area contributed by atoms with Gasteiger partial charge in [0, 0.05) is 30.8 Å². The summed E-state index contributed by atoms with van der Waals surface area (Å²) in [6, 6.07) is 10.2. The zero-order valence-corrected chi connectivity index (χ0v) is 14.9. The van der Waals surface area contributed by atoms with Crippen molar-refractivity contribution in [3.63, 3.8) is 0 Å². The predicted molar refractivity (Wildman–Crippen MR) is 102 cm³/mol. The predicted octanol–water partition coefficient (Wildman–Crippen LogP) is 1.93. The molecule has 0 aliphatic carbocycles. The van der Waals surface area contributed by atoms with Gasteiger partial charge in [0.15, 0.2) is 0 Å². The Kier molecular flexibility index (Phi) is 5.73. The number of nitro groups is 2. The molecule has 0 saturated heterocycles. The average Bonchev–Trinajstić information content (AvgIpc) is 3.25. The van der Waals surface area contributed by atoms with Gasteiger partial charge >= 0.3 is 0 Å². The number of carbonyl (C=O) groups excluding carboxylic acids is 1. The number of carbonyl (C=O) groups is 1. The number of hydrogen-bond acceptors (Lipinski definition) is 8. The molecule has 12 heteroatoms. The Morgan fingerprint density at radius 3 is 2.48 bits per heavy atom. The minimum absolute atomic E-state index is 0.0712. The first kappa shape index (κ1) is 19.4. The zero-order valence-electron chi connectivity index (χ0n) is 14.9. The van der Waals surface area contributed by atoms with E-state index in [4.69, 9.17) is 0 Å². The van der Waals surface area contributed by atoms with Crippen LogP contribution in [0.3, 0.4) is 0 Å². The number of anilines is 1. The summed E-state index contributed by atoms with van der Waals surface area (Å²) in [6.07, 6.45) is 2.56. The van der Waals surface area contributed by atoms with E-state index in [-0.39, 0.29) is 35.7 Å². The smallest absolute Gasteiger partial charge is 0.295 e. The summed E-state index contributed by atoms with van der Waals surface area (Å²) in [4.78, 5) is 37.3. The minimum atomic E-state index is -0.607. The molecular weight excluding hydrogens is 382 g/mol. The van der Waals surface area contributed by atoms with Gasteiger partial charge in [0.2, 0.25) is 0 Å². The van der Waals surface area contributed by atoms with Gasteiger partial charge in [-0.05, 0) is 18.2 Å². The average molecular weight is 397 g/mol. The van der Waals surface area contributed by atoms with Gasteiger partial charge in [-0.3, -0.25) is 25.0 Å². The summed E-state index contributed by atoms with van der Waals surface area (Å²) in [7, 11) is 0. The van der Waals surface area contributed by atoms with Crippen LogP contribution >= 0.6 is 0 Å². The first-order valence-corrected chi connectivity index (χ1v) is 8.36. The maximum Gasteiger partial charge on any atom is 0.295 e. The molecule has 0 spiro atoms. The summed E-state index contributed by atoms with van der Waals surface area (Å²) in [5, 5.41) is 31.7. The third kappa shape index (κ3) is 4.50. The van der Waals surface area contributed by atoms with Crippen molar-refractivity contribution in [1.82, 2.24) is 20.1 Å². The van der Waals surface area contributed by atoms with Crippen LogP contribution < -0.4 is 10.6 Å². The van der Waals surface area contributed by atoms with Gasteiger partial charge in [-0.2, -0.15) is 5.10 Å². The van der Waals surface area contributed by atoms with Crippen LogP contribution in [0, 0.1) is 20.2 Å². The van der Waals surface area contributed by atoms with E-state index in [1.165, 1.54) is 35.5 Å². The third-order valence-corrected chi connectivity index (χ3v) is 3.93. The molecule has 1 heterocycles. The quantitative estimate of drug-likeness (QED) is 0.331. The molecule has 3 aromatic rings. The highest BCUT2D eigenvalue weighted by Gasteiger charge is 2.19. The van der Waals surface area contributed by atoms with Gasteiger partial charge in [0.25, 0.3) is 17.3 Å². The van der Waals surface area contributed by atoms with E-state index in [0.717, 1.165) is 6.07 Å². The van der Waals surface area contributed by atoms with Crippen molar-refractivity contribution in [2.24, 2.45) is 0 Å². The molecular formula is C17H15N7O5. The van der Waals surface area contributed by atoms with E-state index in [1.54, 1.807) is 18.2 Å². The van der Waals surface area contributed by atoms with Crippen LogP contribution in [0.1, 0.15) is 10.4 Å². The largest absolute Gasteiger partial charge is 0.378 e. The summed E-state index contributed by atoms with van der Waals surface area (Å²) in [6.45, 7) is 0.388. The molecule has 3 rings (SSSR count). The van der Waals surface area contributed by atoms with Crippen molar-refractivity contribution < 1.29 is 14.6 Å². The number of benzene rings is 2. The molecule has 0 atom stereocenters. The molecule has 0 unspecified atom stereocenters. The van der Waals surface area contributed by atoms with Crippen LogP contribution in [0.2, 0.25) is 0 Å². The molecule has 0 aliphatic rings. The maximum atomic E-state index is 12.3. The fraction of sp³-hybridized carbons (Fsp3) is 0.118. The van der Waals surface area contributed by atoms with Gasteiger partial charge in [-0.15, -0.1) is 0 Å². The Morgan fingerprint density at radius 2 is 1.79 bits per heavy atom. The molecule has 0 fully saturated rings. The summed E-state index contributed by atoms with van der Waals surface area (Å²) >= 11 is 0. The van der Waals surface area contributed by atoms with E-state index in [9.17, 15) is 25.0 Å². The van der Waals surface area contributed by atoms with Crippen LogP contribution in [0.15, 0.2) is 55.1 Å². The highest BCUT2D eigenvalue weighted by molar-refractivity contribution is 5.95.